The summed E-state index contributed by atoms with van der Waals surface area (Å²) in [6.07, 6.45) is 1.21. The van der Waals surface area contributed by atoms with E-state index in [9.17, 15) is 18.3 Å². The van der Waals surface area contributed by atoms with Gasteiger partial charge in [0.05, 0.1) is 4.90 Å². The van der Waals surface area contributed by atoms with Gasteiger partial charge in [0, 0.05) is 6.54 Å². The van der Waals surface area contributed by atoms with Gasteiger partial charge in [-0.15, -0.1) is 0 Å². The molecule has 0 amide bonds. The van der Waals surface area contributed by atoms with Crippen LogP contribution in [0, 0.1) is 13.8 Å². The van der Waals surface area contributed by atoms with Gasteiger partial charge in [-0.2, -0.15) is 4.31 Å². The Labute approximate surface area is 125 Å². The van der Waals surface area contributed by atoms with Crippen LogP contribution >= 0.6 is 0 Å². The molecule has 1 saturated heterocycles. The molecule has 0 aromatic heterocycles. The fourth-order valence-corrected chi connectivity index (χ4v) is 5.18. The van der Waals surface area contributed by atoms with Gasteiger partial charge in [-0.1, -0.05) is 13.0 Å². The minimum absolute atomic E-state index is 0.181. The topological polar surface area (TPSA) is 74.7 Å². The lowest BCUT2D eigenvalue weighted by atomic mass is 9.95. The summed E-state index contributed by atoms with van der Waals surface area (Å²) >= 11 is 0. The maximum Gasteiger partial charge on any atom is 0.325 e. The van der Waals surface area contributed by atoms with E-state index in [2.05, 4.69) is 0 Å². The molecule has 1 aliphatic heterocycles. The summed E-state index contributed by atoms with van der Waals surface area (Å²) in [5.74, 6) is -1.06. The molecule has 1 aromatic carbocycles. The predicted molar refractivity (Wildman–Crippen MR) is 79.7 cm³/mol. The third-order valence-electron chi connectivity index (χ3n) is 4.20. The molecule has 5 nitrogen and oxygen atoms in total. The van der Waals surface area contributed by atoms with E-state index >= 15 is 0 Å². The Kier molecular flexibility index (Phi) is 4.13. The fourth-order valence-electron chi connectivity index (χ4n) is 3.13. The lowest BCUT2D eigenvalue weighted by Crippen LogP contribution is -2.52. The quantitative estimate of drug-likeness (QED) is 0.926. The van der Waals surface area contributed by atoms with E-state index in [1.54, 1.807) is 19.1 Å². The van der Waals surface area contributed by atoms with Gasteiger partial charge in [0.1, 0.15) is 5.54 Å². The van der Waals surface area contributed by atoms with Crippen LogP contribution in [0.2, 0.25) is 0 Å². The summed E-state index contributed by atoms with van der Waals surface area (Å²) in [5.41, 5.74) is 0.395. The average Bonchev–Trinajstić information content (AvgIpc) is 2.83. The van der Waals surface area contributed by atoms with E-state index in [0.29, 0.717) is 12.8 Å². The van der Waals surface area contributed by atoms with E-state index in [4.69, 9.17) is 0 Å². The summed E-state index contributed by atoms with van der Waals surface area (Å²) in [6.45, 7) is 5.65. The summed E-state index contributed by atoms with van der Waals surface area (Å²) in [6, 6.07) is 5.10. The number of hydrogen-bond acceptors (Lipinski definition) is 3. The van der Waals surface area contributed by atoms with Gasteiger partial charge >= 0.3 is 5.97 Å². The van der Waals surface area contributed by atoms with Gasteiger partial charge in [0.2, 0.25) is 10.0 Å². The highest BCUT2D eigenvalue weighted by molar-refractivity contribution is 7.89. The number of aliphatic carboxylic acids is 1. The second-order valence-corrected chi connectivity index (χ2v) is 7.56. The Hall–Kier alpha value is -1.40. The molecule has 1 aromatic rings. The van der Waals surface area contributed by atoms with Crippen molar-refractivity contribution in [2.75, 3.05) is 6.54 Å². The largest absolute Gasteiger partial charge is 0.480 e. The molecule has 0 bridgehead atoms. The molecule has 0 aliphatic carbocycles. The molecular weight excluding hydrogens is 290 g/mol. The smallest absolute Gasteiger partial charge is 0.325 e. The summed E-state index contributed by atoms with van der Waals surface area (Å²) in [4.78, 5) is 11.9. The van der Waals surface area contributed by atoms with E-state index in [1.165, 1.54) is 4.31 Å². The number of aryl methyl sites for hydroxylation is 2. The molecule has 1 N–H and O–H groups in total. The van der Waals surface area contributed by atoms with Crippen molar-refractivity contribution in [3.8, 4) is 0 Å². The van der Waals surface area contributed by atoms with Crippen molar-refractivity contribution in [1.29, 1.82) is 0 Å². The van der Waals surface area contributed by atoms with E-state index in [1.807, 2.05) is 19.9 Å². The highest BCUT2D eigenvalue weighted by Crippen LogP contribution is 2.37. The minimum Gasteiger partial charge on any atom is -0.480 e. The molecule has 0 saturated carbocycles. The van der Waals surface area contributed by atoms with E-state index in [0.717, 1.165) is 11.1 Å². The number of carboxylic acid groups (broad SMARTS) is 1. The molecule has 1 unspecified atom stereocenters. The zero-order valence-electron chi connectivity index (χ0n) is 12.6. The molecule has 1 heterocycles. The summed E-state index contributed by atoms with van der Waals surface area (Å²) < 4.78 is 26.9. The molecule has 1 aliphatic rings. The molecule has 2 rings (SSSR count). The van der Waals surface area contributed by atoms with Crippen LogP contribution < -0.4 is 0 Å². The van der Waals surface area contributed by atoms with Gasteiger partial charge in [0.15, 0.2) is 0 Å². The van der Waals surface area contributed by atoms with Gasteiger partial charge in [0.25, 0.3) is 0 Å². The van der Waals surface area contributed by atoms with Crippen LogP contribution in [0.4, 0.5) is 0 Å². The lowest BCUT2D eigenvalue weighted by Gasteiger charge is -2.33. The summed E-state index contributed by atoms with van der Waals surface area (Å²) in [5, 5.41) is 9.55. The minimum atomic E-state index is -3.80. The average molecular weight is 311 g/mol. The second kappa shape index (κ2) is 5.42. The molecular formula is C15H21NO4S. The Bertz CT molecular complexity index is 648. The summed E-state index contributed by atoms with van der Waals surface area (Å²) in [7, 11) is -3.80. The number of carbonyl (C=O) groups is 1. The van der Waals surface area contributed by atoms with Crippen molar-refractivity contribution in [1.82, 2.24) is 4.31 Å². The highest BCUT2D eigenvalue weighted by atomic mass is 32.2. The number of nitrogens with zero attached hydrogens (tertiary/aromatic N) is 1. The Morgan fingerprint density at radius 2 is 1.86 bits per heavy atom. The van der Waals surface area contributed by atoms with Crippen LogP contribution in [0.5, 0.6) is 0 Å². The number of rotatable bonds is 4. The molecule has 21 heavy (non-hydrogen) atoms. The third kappa shape index (κ3) is 2.58. The zero-order chi connectivity index (χ0) is 15.8. The Morgan fingerprint density at radius 1 is 1.29 bits per heavy atom. The van der Waals surface area contributed by atoms with Crippen LogP contribution in [0.1, 0.15) is 37.3 Å². The van der Waals surface area contributed by atoms with Crippen molar-refractivity contribution in [3.05, 3.63) is 29.3 Å². The first kappa shape index (κ1) is 16.0. The number of sulfonamides is 1. The molecule has 1 fully saturated rings. The standard InChI is InChI=1S/C15H21NO4S/c1-4-15(14(17)18)6-5-7-16(15)21(19,20)13-9-11(2)8-12(3)10-13/h8-10H,4-7H2,1-3H3,(H,17,18). The second-order valence-electron chi connectivity index (χ2n) is 5.69. The number of hydrogen-bond donors (Lipinski definition) is 1. The Balaban J connectivity index is 2.55. The normalized spacial score (nSPS) is 23.4. The van der Waals surface area contributed by atoms with Crippen LogP contribution in [0.3, 0.4) is 0 Å². The van der Waals surface area contributed by atoms with Crippen LogP contribution in [-0.4, -0.2) is 35.9 Å². The molecule has 6 heteroatoms. The molecule has 0 spiro atoms. The maximum absolute atomic E-state index is 12.9. The van der Waals surface area contributed by atoms with Crippen molar-refractivity contribution in [3.63, 3.8) is 0 Å². The predicted octanol–water partition coefficient (Wildman–Crippen LogP) is 2.32. The SMILES string of the molecule is CCC1(C(=O)O)CCCN1S(=O)(=O)c1cc(C)cc(C)c1. The maximum atomic E-state index is 12.9. The molecule has 0 radical (unpaired) electrons. The number of benzene rings is 1. The first-order chi connectivity index (χ1) is 9.74. The zero-order valence-corrected chi connectivity index (χ0v) is 13.4. The van der Waals surface area contributed by atoms with Gasteiger partial charge in [-0.25, -0.2) is 8.42 Å². The van der Waals surface area contributed by atoms with Crippen LogP contribution in [0.25, 0.3) is 0 Å². The third-order valence-corrected chi connectivity index (χ3v) is 6.14. The van der Waals surface area contributed by atoms with Crippen molar-refractivity contribution >= 4 is 16.0 Å². The van der Waals surface area contributed by atoms with Gasteiger partial charge in [-0.3, -0.25) is 4.79 Å². The monoisotopic (exact) mass is 311 g/mol. The first-order valence-electron chi connectivity index (χ1n) is 7.08. The highest BCUT2D eigenvalue weighted by Gasteiger charge is 2.52. The van der Waals surface area contributed by atoms with Gasteiger partial charge < -0.3 is 5.11 Å². The lowest BCUT2D eigenvalue weighted by molar-refractivity contribution is -0.147. The van der Waals surface area contributed by atoms with Crippen molar-refractivity contribution < 1.29 is 18.3 Å². The van der Waals surface area contributed by atoms with E-state index in [-0.39, 0.29) is 17.9 Å². The first-order valence-corrected chi connectivity index (χ1v) is 8.52. The fraction of sp³-hybridized carbons (Fsp3) is 0.533. The van der Waals surface area contributed by atoms with E-state index < -0.39 is 21.5 Å². The van der Waals surface area contributed by atoms with Crippen LogP contribution in [0.15, 0.2) is 23.1 Å². The van der Waals surface area contributed by atoms with Crippen molar-refractivity contribution in [2.24, 2.45) is 0 Å². The van der Waals surface area contributed by atoms with Crippen molar-refractivity contribution in [2.45, 2.75) is 50.5 Å². The van der Waals surface area contributed by atoms with Gasteiger partial charge in [-0.05, 0) is 56.4 Å². The Morgan fingerprint density at radius 3 is 2.33 bits per heavy atom. The molecule has 116 valence electrons. The van der Waals surface area contributed by atoms with Crippen LogP contribution in [-0.2, 0) is 14.8 Å². The number of carboxylic acids is 1. The molecule has 1 atom stereocenters.